The van der Waals surface area contributed by atoms with Crippen molar-refractivity contribution < 1.29 is 13.5 Å². The minimum absolute atomic E-state index is 0.230. The summed E-state index contributed by atoms with van der Waals surface area (Å²) in [4.78, 5) is 7.47. The van der Waals surface area contributed by atoms with Gasteiger partial charge in [0, 0.05) is 13.0 Å². The minimum atomic E-state index is -2.42. The first-order valence-corrected chi connectivity index (χ1v) is 5.72. The summed E-state index contributed by atoms with van der Waals surface area (Å²) in [6.45, 7) is 0.174. The molecule has 0 spiro atoms. The van der Waals surface area contributed by atoms with Crippen molar-refractivity contribution in [2.24, 2.45) is 5.73 Å². The zero-order chi connectivity index (χ0) is 13.0. The Morgan fingerprint density at radius 1 is 1.39 bits per heavy atom. The average molecular weight is 255 g/mol. The Morgan fingerprint density at radius 2 is 2.22 bits per heavy atom. The number of halogens is 2. The molecule has 1 heterocycles. The van der Waals surface area contributed by atoms with Gasteiger partial charge in [-0.1, -0.05) is 6.07 Å². The molecule has 2 aromatic rings. The van der Waals surface area contributed by atoms with Crippen LogP contribution in [0.1, 0.15) is 11.4 Å². The smallest absolute Gasteiger partial charge is 0.261 e. The number of nitrogens with zero attached hydrogens (tertiary/aromatic N) is 1. The van der Waals surface area contributed by atoms with Crippen LogP contribution in [0.4, 0.5) is 8.78 Å². The van der Waals surface area contributed by atoms with Gasteiger partial charge in [-0.05, 0) is 17.7 Å². The number of aromatic amines is 1. The molecule has 1 aromatic carbocycles. The number of nitrogens with one attached hydrogen (secondary N) is 1. The Kier molecular flexibility index (Phi) is 4.22. The van der Waals surface area contributed by atoms with Crippen LogP contribution in [0.5, 0.6) is 0 Å². The third-order valence-electron chi connectivity index (χ3n) is 2.56. The number of ether oxygens (including phenoxy) is 1. The first-order valence-electron chi connectivity index (χ1n) is 5.72. The summed E-state index contributed by atoms with van der Waals surface area (Å²) in [5, 5.41) is 0. The van der Waals surface area contributed by atoms with Crippen LogP contribution in [0.25, 0.3) is 11.0 Å². The topological polar surface area (TPSA) is 63.9 Å². The van der Waals surface area contributed by atoms with Gasteiger partial charge in [-0.15, -0.1) is 0 Å². The molecular formula is C12H15F2N3O. The predicted octanol–water partition coefficient (Wildman–Crippen LogP) is 1.85. The minimum Gasteiger partial charge on any atom is -0.375 e. The summed E-state index contributed by atoms with van der Waals surface area (Å²) in [5.41, 5.74) is 8.32. The highest BCUT2D eigenvalue weighted by atomic mass is 19.3. The summed E-state index contributed by atoms with van der Waals surface area (Å²) in [7, 11) is 0. The molecule has 2 rings (SSSR count). The highest BCUT2D eigenvalue weighted by Gasteiger charge is 2.05. The van der Waals surface area contributed by atoms with E-state index in [-0.39, 0.29) is 6.61 Å². The predicted molar refractivity (Wildman–Crippen MR) is 64.5 cm³/mol. The second-order valence-electron chi connectivity index (χ2n) is 3.96. The number of nitrogens with two attached hydrogens (primary N) is 1. The van der Waals surface area contributed by atoms with Crippen molar-refractivity contribution in [2.45, 2.75) is 19.4 Å². The Hall–Kier alpha value is -1.53. The van der Waals surface area contributed by atoms with Crippen molar-refractivity contribution >= 4 is 11.0 Å². The number of imidazole rings is 1. The number of benzene rings is 1. The van der Waals surface area contributed by atoms with Crippen LogP contribution < -0.4 is 5.73 Å². The SMILES string of the molecule is NCc1ccc2nc(CCOCC(F)F)[nH]c2c1. The second-order valence-corrected chi connectivity index (χ2v) is 3.96. The maximum absolute atomic E-state index is 11.9. The molecule has 4 nitrogen and oxygen atoms in total. The van der Waals surface area contributed by atoms with Gasteiger partial charge in [0.25, 0.3) is 6.43 Å². The Bertz CT molecular complexity index is 513. The molecule has 0 amide bonds. The number of fused-ring (bicyclic) bond motifs is 1. The van der Waals surface area contributed by atoms with Gasteiger partial charge in [0.1, 0.15) is 12.4 Å². The summed E-state index contributed by atoms with van der Waals surface area (Å²) in [6.07, 6.45) is -1.94. The molecule has 0 aliphatic carbocycles. The van der Waals surface area contributed by atoms with Gasteiger partial charge in [-0.25, -0.2) is 13.8 Å². The quantitative estimate of drug-likeness (QED) is 0.774. The first kappa shape index (κ1) is 12.9. The molecule has 3 N–H and O–H groups in total. The van der Waals surface area contributed by atoms with Crippen LogP contribution in [0.15, 0.2) is 18.2 Å². The first-order chi connectivity index (χ1) is 8.69. The van der Waals surface area contributed by atoms with Gasteiger partial charge in [-0.2, -0.15) is 0 Å². The van der Waals surface area contributed by atoms with E-state index in [0.29, 0.717) is 13.0 Å². The van der Waals surface area contributed by atoms with Gasteiger partial charge in [-0.3, -0.25) is 0 Å². The lowest BCUT2D eigenvalue weighted by Gasteiger charge is -2.00. The van der Waals surface area contributed by atoms with E-state index in [1.807, 2.05) is 18.2 Å². The molecule has 0 radical (unpaired) electrons. The molecular weight excluding hydrogens is 240 g/mol. The summed E-state index contributed by atoms with van der Waals surface area (Å²) in [5.74, 6) is 0.730. The number of alkyl halides is 2. The molecule has 0 atom stereocenters. The Balaban J connectivity index is 1.97. The van der Waals surface area contributed by atoms with E-state index in [1.165, 1.54) is 0 Å². The second kappa shape index (κ2) is 5.88. The molecule has 0 unspecified atom stereocenters. The Morgan fingerprint density at radius 3 is 2.94 bits per heavy atom. The lowest BCUT2D eigenvalue weighted by Crippen LogP contribution is -2.07. The van der Waals surface area contributed by atoms with E-state index in [0.717, 1.165) is 22.4 Å². The lowest BCUT2D eigenvalue weighted by molar-refractivity contribution is 0.0183. The maximum atomic E-state index is 11.9. The normalized spacial score (nSPS) is 11.6. The van der Waals surface area contributed by atoms with Crippen LogP contribution >= 0.6 is 0 Å². The fourth-order valence-electron chi connectivity index (χ4n) is 1.70. The summed E-state index contributed by atoms with van der Waals surface area (Å²) < 4.78 is 28.5. The van der Waals surface area contributed by atoms with E-state index >= 15 is 0 Å². The van der Waals surface area contributed by atoms with E-state index in [9.17, 15) is 8.78 Å². The molecule has 0 aliphatic rings. The molecule has 6 heteroatoms. The van der Waals surface area contributed by atoms with Crippen molar-refractivity contribution in [2.75, 3.05) is 13.2 Å². The summed E-state index contributed by atoms with van der Waals surface area (Å²) >= 11 is 0. The van der Waals surface area contributed by atoms with Gasteiger partial charge in [0.2, 0.25) is 0 Å². The zero-order valence-electron chi connectivity index (χ0n) is 9.83. The lowest BCUT2D eigenvalue weighted by atomic mass is 10.2. The number of aromatic nitrogens is 2. The molecule has 0 aliphatic heterocycles. The fraction of sp³-hybridized carbons (Fsp3) is 0.417. The van der Waals surface area contributed by atoms with Gasteiger partial charge in [0.15, 0.2) is 0 Å². The van der Waals surface area contributed by atoms with Gasteiger partial charge in [0.05, 0.1) is 17.6 Å². The zero-order valence-corrected chi connectivity index (χ0v) is 9.83. The molecule has 0 saturated heterocycles. The Labute approximate surface area is 103 Å². The van der Waals surface area contributed by atoms with Crippen LogP contribution in [0.2, 0.25) is 0 Å². The standard InChI is InChI=1S/C12H15F2N3O/c13-11(14)7-18-4-3-12-16-9-2-1-8(6-15)5-10(9)17-12/h1-2,5,11H,3-4,6-7,15H2,(H,16,17). The monoisotopic (exact) mass is 255 g/mol. The van der Waals surface area contributed by atoms with E-state index in [4.69, 9.17) is 10.5 Å². The largest absolute Gasteiger partial charge is 0.375 e. The van der Waals surface area contributed by atoms with E-state index < -0.39 is 13.0 Å². The molecule has 0 fully saturated rings. The van der Waals surface area contributed by atoms with Crippen molar-refractivity contribution in [1.82, 2.24) is 9.97 Å². The number of rotatable bonds is 6. The van der Waals surface area contributed by atoms with Crippen molar-refractivity contribution in [3.63, 3.8) is 0 Å². The molecule has 1 aromatic heterocycles. The number of H-pyrrole nitrogens is 1. The molecule has 18 heavy (non-hydrogen) atoms. The fourth-order valence-corrected chi connectivity index (χ4v) is 1.70. The third kappa shape index (κ3) is 3.24. The van der Waals surface area contributed by atoms with E-state index in [1.54, 1.807) is 0 Å². The number of hydrogen-bond donors (Lipinski definition) is 2. The maximum Gasteiger partial charge on any atom is 0.261 e. The van der Waals surface area contributed by atoms with Crippen molar-refractivity contribution in [3.8, 4) is 0 Å². The van der Waals surface area contributed by atoms with Crippen LogP contribution in [0.3, 0.4) is 0 Å². The molecule has 0 bridgehead atoms. The van der Waals surface area contributed by atoms with Crippen LogP contribution in [0, 0.1) is 0 Å². The third-order valence-corrected chi connectivity index (χ3v) is 2.56. The van der Waals surface area contributed by atoms with E-state index in [2.05, 4.69) is 9.97 Å². The number of hydrogen-bond acceptors (Lipinski definition) is 3. The molecule has 0 saturated carbocycles. The van der Waals surface area contributed by atoms with Crippen LogP contribution in [-0.4, -0.2) is 29.6 Å². The highest BCUT2D eigenvalue weighted by molar-refractivity contribution is 5.75. The molecule has 98 valence electrons. The van der Waals surface area contributed by atoms with Gasteiger partial charge >= 0.3 is 0 Å². The van der Waals surface area contributed by atoms with Crippen molar-refractivity contribution in [1.29, 1.82) is 0 Å². The summed E-state index contributed by atoms with van der Waals surface area (Å²) in [6, 6.07) is 5.74. The van der Waals surface area contributed by atoms with Gasteiger partial charge < -0.3 is 15.5 Å². The van der Waals surface area contributed by atoms with Crippen LogP contribution in [-0.2, 0) is 17.7 Å². The average Bonchev–Trinajstić information content (AvgIpc) is 2.75. The van der Waals surface area contributed by atoms with Crippen molar-refractivity contribution in [3.05, 3.63) is 29.6 Å². The highest BCUT2D eigenvalue weighted by Crippen LogP contribution is 2.13.